The summed E-state index contributed by atoms with van der Waals surface area (Å²) < 4.78 is 31.2. The van der Waals surface area contributed by atoms with Crippen LogP contribution in [0.5, 0.6) is 0 Å². The zero-order valence-electron chi connectivity index (χ0n) is 12.4. The molecule has 3 rings (SSSR count). The summed E-state index contributed by atoms with van der Waals surface area (Å²) in [6.07, 6.45) is 2.85. The van der Waals surface area contributed by atoms with E-state index < -0.39 is 9.84 Å². The minimum Gasteiger partial charge on any atom is -0.377 e. The fraction of sp³-hybridized carbons (Fsp3) is 0.538. The van der Waals surface area contributed by atoms with Gasteiger partial charge in [-0.05, 0) is 28.9 Å². The van der Waals surface area contributed by atoms with Crippen molar-refractivity contribution in [2.45, 2.75) is 18.7 Å². The zero-order valence-corrected chi connectivity index (χ0v) is 14.8. The highest BCUT2D eigenvalue weighted by atomic mass is 79.9. The SMILES string of the molecule is CC1COCCN1c1cc(CS(C)(=O)=O)c2ncc(Br)n2n1. The number of fused-ring (bicyclic) bond motifs is 1. The van der Waals surface area contributed by atoms with E-state index in [-0.39, 0.29) is 11.8 Å². The van der Waals surface area contributed by atoms with Crippen molar-refractivity contribution in [1.29, 1.82) is 0 Å². The number of sulfone groups is 1. The molecule has 7 nitrogen and oxygen atoms in total. The maximum absolute atomic E-state index is 11.7. The van der Waals surface area contributed by atoms with Gasteiger partial charge in [-0.25, -0.2) is 17.9 Å². The molecule has 1 unspecified atom stereocenters. The van der Waals surface area contributed by atoms with Crippen LogP contribution < -0.4 is 4.90 Å². The van der Waals surface area contributed by atoms with E-state index in [0.29, 0.717) is 29.0 Å². The molecule has 0 N–H and O–H groups in total. The third kappa shape index (κ3) is 3.11. The predicted octanol–water partition coefficient (Wildman–Crippen LogP) is 1.26. The molecule has 0 amide bonds. The normalized spacial score (nSPS) is 19.8. The molecule has 1 aliphatic heterocycles. The Hall–Kier alpha value is -1.19. The van der Waals surface area contributed by atoms with Crippen molar-refractivity contribution in [3.05, 3.63) is 22.4 Å². The summed E-state index contributed by atoms with van der Waals surface area (Å²) in [4.78, 5) is 6.38. The van der Waals surface area contributed by atoms with Crippen molar-refractivity contribution in [2.75, 3.05) is 30.9 Å². The van der Waals surface area contributed by atoms with Gasteiger partial charge in [-0.15, -0.1) is 5.10 Å². The van der Waals surface area contributed by atoms with Gasteiger partial charge in [0, 0.05) is 18.4 Å². The van der Waals surface area contributed by atoms with Crippen LogP contribution in [0.15, 0.2) is 16.9 Å². The second-order valence-corrected chi connectivity index (χ2v) is 8.48. The molecule has 0 bridgehead atoms. The third-order valence-electron chi connectivity index (χ3n) is 3.57. The summed E-state index contributed by atoms with van der Waals surface area (Å²) >= 11 is 3.40. The number of morpholine rings is 1. The number of hydrogen-bond acceptors (Lipinski definition) is 6. The lowest BCUT2D eigenvalue weighted by Gasteiger charge is -2.34. The fourth-order valence-corrected chi connectivity index (χ4v) is 3.71. The van der Waals surface area contributed by atoms with Crippen LogP contribution in [0.1, 0.15) is 12.5 Å². The number of hydrogen-bond donors (Lipinski definition) is 0. The molecule has 1 aliphatic rings. The van der Waals surface area contributed by atoms with Crippen LogP contribution in [0, 0.1) is 0 Å². The largest absolute Gasteiger partial charge is 0.377 e. The summed E-state index contributed by atoms with van der Waals surface area (Å²) in [6, 6.07) is 2.00. The lowest BCUT2D eigenvalue weighted by atomic mass is 10.2. The Morgan fingerprint density at radius 2 is 2.27 bits per heavy atom. The Morgan fingerprint density at radius 1 is 1.50 bits per heavy atom. The van der Waals surface area contributed by atoms with Crippen LogP contribution in [-0.2, 0) is 20.3 Å². The first kappa shape index (κ1) is 15.7. The second kappa shape index (κ2) is 5.78. The summed E-state index contributed by atoms with van der Waals surface area (Å²) in [5.74, 6) is 0.675. The number of rotatable bonds is 3. The van der Waals surface area contributed by atoms with Crippen molar-refractivity contribution in [1.82, 2.24) is 14.6 Å². The van der Waals surface area contributed by atoms with E-state index in [9.17, 15) is 8.42 Å². The molecule has 3 heterocycles. The van der Waals surface area contributed by atoms with E-state index in [2.05, 4.69) is 37.8 Å². The number of anilines is 1. The highest BCUT2D eigenvalue weighted by molar-refractivity contribution is 9.10. The zero-order chi connectivity index (χ0) is 15.9. The minimum absolute atomic E-state index is 0.0613. The Morgan fingerprint density at radius 3 is 2.95 bits per heavy atom. The molecule has 120 valence electrons. The Bertz CT molecular complexity index is 805. The van der Waals surface area contributed by atoms with Crippen LogP contribution in [0.3, 0.4) is 0 Å². The van der Waals surface area contributed by atoms with Gasteiger partial charge in [0.2, 0.25) is 0 Å². The molecular formula is C13H17BrN4O3S. The average Bonchev–Trinajstić information content (AvgIpc) is 2.80. The van der Waals surface area contributed by atoms with E-state index >= 15 is 0 Å². The molecule has 0 spiro atoms. The topological polar surface area (TPSA) is 76.8 Å². The molecule has 1 fully saturated rings. The van der Waals surface area contributed by atoms with Gasteiger partial charge in [-0.1, -0.05) is 0 Å². The summed E-state index contributed by atoms with van der Waals surface area (Å²) in [5.41, 5.74) is 1.21. The molecule has 1 atom stereocenters. The first-order valence-corrected chi connectivity index (χ1v) is 9.76. The van der Waals surface area contributed by atoms with E-state index in [1.807, 2.05) is 6.07 Å². The van der Waals surface area contributed by atoms with Gasteiger partial charge in [-0.2, -0.15) is 0 Å². The van der Waals surface area contributed by atoms with Crippen LogP contribution >= 0.6 is 15.9 Å². The van der Waals surface area contributed by atoms with E-state index in [4.69, 9.17) is 4.74 Å². The second-order valence-electron chi connectivity index (χ2n) is 5.53. The maximum atomic E-state index is 11.7. The number of imidazole rings is 1. The number of nitrogens with zero attached hydrogens (tertiary/aromatic N) is 4. The average molecular weight is 389 g/mol. The molecular weight excluding hydrogens is 372 g/mol. The van der Waals surface area contributed by atoms with Crippen LogP contribution in [0.25, 0.3) is 5.65 Å². The Balaban J connectivity index is 2.12. The van der Waals surface area contributed by atoms with Crippen molar-refractivity contribution < 1.29 is 13.2 Å². The van der Waals surface area contributed by atoms with Crippen molar-refractivity contribution in [3.63, 3.8) is 0 Å². The van der Waals surface area contributed by atoms with Gasteiger partial charge in [0.1, 0.15) is 10.4 Å². The number of ether oxygens (including phenoxy) is 1. The van der Waals surface area contributed by atoms with E-state index in [1.165, 1.54) is 6.26 Å². The predicted molar refractivity (Wildman–Crippen MR) is 86.9 cm³/mol. The fourth-order valence-electron chi connectivity index (χ4n) is 2.59. The van der Waals surface area contributed by atoms with Crippen LogP contribution in [-0.4, -0.2) is 55.1 Å². The molecule has 0 aliphatic carbocycles. The van der Waals surface area contributed by atoms with Crippen molar-refractivity contribution in [3.8, 4) is 0 Å². The Kier molecular flexibility index (Phi) is 4.13. The molecule has 0 radical (unpaired) electrons. The molecule has 2 aromatic heterocycles. The van der Waals surface area contributed by atoms with Gasteiger partial charge < -0.3 is 9.64 Å². The molecule has 0 saturated carbocycles. The van der Waals surface area contributed by atoms with Gasteiger partial charge in [0.15, 0.2) is 15.5 Å². The van der Waals surface area contributed by atoms with Crippen LogP contribution in [0.4, 0.5) is 5.82 Å². The highest BCUT2D eigenvalue weighted by Gasteiger charge is 2.23. The van der Waals surface area contributed by atoms with Gasteiger partial charge in [0.25, 0.3) is 0 Å². The number of halogens is 1. The molecule has 9 heteroatoms. The van der Waals surface area contributed by atoms with Gasteiger partial charge in [-0.3, -0.25) is 0 Å². The lowest BCUT2D eigenvalue weighted by molar-refractivity contribution is 0.0984. The Labute approximate surface area is 137 Å². The first-order chi connectivity index (χ1) is 10.3. The quantitative estimate of drug-likeness (QED) is 0.787. The van der Waals surface area contributed by atoms with Crippen molar-refractivity contribution in [2.24, 2.45) is 0 Å². The van der Waals surface area contributed by atoms with Gasteiger partial charge >= 0.3 is 0 Å². The molecule has 22 heavy (non-hydrogen) atoms. The van der Waals surface area contributed by atoms with Crippen LogP contribution in [0.2, 0.25) is 0 Å². The monoisotopic (exact) mass is 388 g/mol. The van der Waals surface area contributed by atoms with Crippen molar-refractivity contribution >= 4 is 37.2 Å². The maximum Gasteiger partial charge on any atom is 0.159 e. The van der Waals surface area contributed by atoms with Gasteiger partial charge in [0.05, 0.1) is 31.2 Å². The lowest BCUT2D eigenvalue weighted by Crippen LogP contribution is -2.44. The minimum atomic E-state index is -3.16. The number of aromatic nitrogens is 3. The summed E-state index contributed by atoms with van der Waals surface area (Å²) in [6.45, 7) is 4.05. The smallest absolute Gasteiger partial charge is 0.159 e. The van der Waals surface area contributed by atoms with E-state index in [0.717, 1.165) is 12.4 Å². The highest BCUT2D eigenvalue weighted by Crippen LogP contribution is 2.24. The molecule has 0 aromatic carbocycles. The standard InChI is InChI=1S/C13H17BrN4O3S/c1-9-7-21-4-3-17(9)12-5-10(8-22(2,19)20)13-15-6-11(14)18(13)16-12/h5-6,9H,3-4,7-8H2,1-2H3. The van der Waals surface area contributed by atoms with E-state index in [1.54, 1.807) is 10.7 Å². The third-order valence-corrected chi connectivity index (χ3v) is 4.94. The summed E-state index contributed by atoms with van der Waals surface area (Å²) in [7, 11) is -3.16. The molecule has 2 aromatic rings. The summed E-state index contributed by atoms with van der Waals surface area (Å²) in [5, 5.41) is 4.58. The molecule has 1 saturated heterocycles. The first-order valence-electron chi connectivity index (χ1n) is 6.90.